The molecule has 0 aromatic carbocycles. The Balaban J connectivity index is 2.40. The molecule has 0 aliphatic carbocycles. The maximum Gasteiger partial charge on any atom is 0.326 e. The minimum Gasteiger partial charge on any atom is -0.480 e. The monoisotopic (exact) mass is 1160 g/mol. The Morgan fingerprint density at radius 1 is 0.671 bits per heavy atom. The van der Waals surface area contributed by atoms with Crippen molar-refractivity contribution in [3.05, 3.63) is 18.2 Å². The number of rotatable bonds is 36. The van der Waals surface area contributed by atoms with E-state index in [4.69, 9.17) is 22.9 Å². The number of nitrogens with two attached hydrogens (primary N) is 4. The number of primary amides is 1. The van der Waals surface area contributed by atoms with E-state index in [9.17, 15) is 67.7 Å². The number of carboxylic acids is 1. The number of amides is 11. The number of carbonyl (C=O) groups excluding carboxylic acids is 11. The number of hydrogen-bond acceptors (Lipinski definition) is 16. The van der Waals surface area contributed by atoms with Crippen LogP contribution in [0, 0.1) is 23.7 Å². The number of aromatic nitrogens is 2. The summed E-state index contributed by atoms with van der Waals surface area (Å²) in [4.78, 5) is 172. The second-order valence-electron chi connectivity index (χ2n) is 21.7. The highest BCUT2D eigenvalue weighted by atomic mass is 16.4. The highest BCUT2D eigenvalue weighted by Crippen LogP contribution is 2.21. The number of guanidine groups is 1. The summed E-state index contributed by atoms with van der Waals surface area (Å²) >= 11 is 0. The first-order chi connectivity index (χ1) is 38.5. The van der Waals surface area contributed by atoms with Crippen molar-refractivity contribution in [3.63, 3.8) is 0 Å². The zero-order valence-electron chi connectivity index (χ0n) is 48.0. The van der Waals surface area contributed by atoms with Crippen LogP contribution in [0.2, 0.25) is 0 Å². The molecule has 1 aliphatic rings. The molecule has 20 N–H and O–H groups in total. The summed E-state index contributed by atoms with van der Waals surface area (Å²) < 4.78 is 0. The Morgan fingerprint density at radius 3 is 1.72 bits per heavy atom. The number of carbonyl (C=O) groups is 12. The van der Waals surface area contributed by atoms with Crippen LogP contribution in [-0.4, -0.2) is 189 Å². The standard InChI is InChI=1S/C51H87N17O14/c1-25(2)15-31(60-40(72)22-58-39(71)20-52)43(74)61-30(11-9-13-57-51(54)55)42(73)62-32(16-26(3)4)44(75)64-34(18-29-21-56-24-59-29)49(80)68-14-10-12-37(68)47(78)66-36(23-69)46(77)67-41(28(7)8)48(79)63-33(19-38(53)70)45(76)65-35(50(81)82)17-27(5)6/h21,24-28,30-37,41,69H,9-20,22-23,52H2,1-8H3,(H2,53,70)(H,56,59)(H,58,71)(H,60,72)(H,61,74)(H,62,73)(H,63,79)(H,64,75)(H,65,76)(H,66,78)(H,67,77)(H,81,82)(H4,54,55,57)/t30-,31-,32-,33-,34-,35-,36-,37-,41-/m0/s1. The summed E-state index contributed by atoms with van der Waals surface area (Å²) in [6, 6.07) is -12.6. The lowest BCUT2D eigenvalue weighted by atomic mass is 10.00. The second-order valence-corrected chi connectivity index (χ2v) is 21.7. The molecule has 0 unspecified atom stereocenters. The van der Waals surface area contributed by atoms with E-state index in [2.05, 4.69) is 62.8 Å². The van der Waals surface area contributed by atoms with Crippen LogP contribution in [0.25, 0.3) is 0 Å². The second kappa shape index (κ2) is 35.0. The number of nitrogens with zero attached hydrogens (tertiary/aromatic N) is 3. The lowest BCUT2D eigenvalue weighted by Crippen LogP contribution is -2.61. The molecule has 1 aliphatic heterocycles. The predicted octanol–water partition coefficient (Wildman–Crippen LogP) is -5.30. The van der Waals surface area contributed by atoms with Crippen LogP contribution in [0.3, 0.4) is 0 Å². The van der Waals surface area contributed by atoms with Crippen LogP contribution in [0.15, 0.2) is 17.5 Å². The van der Waals surface area contributed by atoms with Crippen LogP contribution >= 0.6 is 0 Å². The van der Waals surface area contributed by atoms with Gasteiger partial charge in [0.2, 0.25) is 65.0 Å². The highest BCUT2D eigenvalue weighted by Gasteiger charge is 2.41. The Bertz CT molecular complexity index is 2380. The van der Waals surface area contributed by atoms with Crippen LogP contribution < -0.4 is 70.8 Å². The fourth-order valence-electron chi connectivity index (χ4n) is 8.70. The Labute approximate surface area is 476 Å². The summed E-state index contributed by atoms with van der Waals surface area (Å²) in [7, 11) is 0. The van der Waals surface area contributed by atoms with Crippen molar-refractivity contribution >= 4 is 76.9 Å². The van der Waals surface area contributed by atoms with Crippen molar-refractivity contribution in [1.29, 1.82) is 0 Å². The number of aliphatic carboxylic acids is 1. The Hall–Kier alpha value is -7.96. The maximum atomic E-state index is 14.7. The Morgan fingerprint density at radius 2 is 1.20 bits per heavy atom. The first-order valence-corrected chi connectivity index (χ1v) is 27.3. The zero-order chi connectivity index (χ0) is 62.0. The lowest BCUT2D eigenvalue weighted by molar-refractivity contribution is -0.143. The molecule has 2 rings (SSSR count). The number of aliphatic imine (C=N–C) groups is 1. The smallest absolute Gasteiger partial charge is 0.326 e. The van der Waals surface area contributed by atoms with Gasteiger partial charge >= 0.3 is 5.97 Å². The predicted molar refractivity (Wildman–Crippen MR) is 296 cm³/mol. The number of hydrogen-bond donors (Lipinski definition) is 16. The number of aliphatic hydroxyl groups excluding tert-OH is 1. The third kappa shape index (κ3) is 24.8. The molecule has 0 saturated carbocycles. The molecule has 11 amide bonds. The first kappa shape index (κ1) is 70.1. The summed E-state index contributed by atoms with van der Waals surface area (Å²) in [5.74, 6) is -12.1. The van der Waals surface area contributed by atoms with E-state index >= 15 is 0 Å². The fourth-order valence-corrected chi connectivity index (χ4v) is 8.70. The van der Waals surface area contributed by atoms with Gasteiger partial charge in [0, 0.05) is 31.4 Å². The molecule has 1 aromatic rings. The SMILES string of the molecule is CC(C)C[C@H](NC(=O)[C@H](CC(N)=O)NC(=O)[C@@H](NC(=O)[C@H](CO)NC(=O)[C@@H]1CCCN1C(=O)[C@H](Cc1cnc[nH]1)NC(=O)[C@H](CC(C)C)NC(=O)[C@H](CCCN=C(N)N)NC(=O)[C@H](CC(C)C)NC(=O)CNC(=O)CN)C(C)C)C(=O)O. The van der Waals surface area contributed by atoms with Gasteiger partial charge in [0.25, 0.3) is 0 Å². The molecule has 1 saturated heterocycles. The third-order valence-electron chi connectivity index (χ3n) is 12.8. The van der Waals surface area contributed by atoms with E-state index in [1.165, 1.54) is 31.3 Å². The number of likely N-dealkylation sites (tertiary alicyclic amines) is 1. The van der Waals surface area contributed by atoms with Gasteiger partial charge in [-0.15, -0.1) is 0 Å². The molecule has 82 heavy (non-hydrogen) atoms. The van der Waals surface area contributed by atoms with Crippen molar-refractivity contribution in [2.24, 2.45) is 51.6 Å². The summed E-state index contributed by atoms with van der Waals surface area (Å²) in [5, 5.41) is 42.6. The van der Waals surface area contributed by atoms with Gasteiger partial charge in [-0.1, -0.05) is 55.4 Å². The van der Waals surface area contributed by atoms with Gasteiger partial charge in [-0.2, -0.15) is 0 Å². The van der Waals surface area contributed by atoms with E-state index in [0.29, 0.717) is 12.1 Å². The molecule has 2 heterocycles. The van der Waals surface area contributed by atoms with Gasteiger partial charge in [0.05, 0.1) is 32.4 Å². The minimum absolute atomic E-state index is 0.0105. The topological polar surface area (TPSA) is 502 Å². The molecule has 9 atom stereocenters. The number of H-pyrrole nitrogens is 1. The van der Waals surface area contributed by atoms with Gasteiger partial charge in [-0.05, 0) is 68.6 Å². The van der Waals surface area contributed by atoms with Crippen molar-refractivity contribution < 1.29 is 67.7 Å². The molecule has 460 valence electrons. The lowest BCUT2D eigenvalue weighted by Gasteiger charge is -2.31. The molecule has 0 bridgehead atoms. The van der Waals surface area contributed by atoms with Gasteiger partial charge < -0.3 is 90.9 Å². The van der Waals surface area contributed by atoms with Crippen LogP contribution in [0.5, 0.6) is 0 Å². The van der Waals surface area contributed by atoms with E-state index < -0.39 is 151 Å². The summed E-state index contributed by atoms with van der Waals surface area (Å²) in [5.41, 5.74) is 22.1. The number of nitrogens with one attached hydrogen (secondary N) is 10. The fraction of sp³-hybridized carbons (Fsp3) is 0.686. The van der Waals surface area contributed by atoms with Crippen molar-refractivity contribution in [2.45, 2.75) is 168 Å². The van der Waals surface area contributed by atoms with Crippen molar-refractivity contribution in [1.82, 2.24) is 62.7 Å². The van der Waals surface area contributed by atoms with E-state index in [0.717, 1.165) is 0 Å². The number of imidazole rings is 1. The zero-order valence-corrected chi connectivity index (χ0v) is 48.0. The van der Waals surface area contributed by atoms with Crippen LogP contribution in [-0.2, 0) is 64.0 Å². The number of aliphatic hydroxyl groups is 1. The first-order valence-electron chi connectivity index (χ1n) is 27.3. The van der Waals surface area contributed by atoms with Gasteiger partial charge in [-0.25, -0.2) is 9.78 Å². The Kier molecular flexibility index (Phi) is 30.0. The molecule has 31 nitrogen and oxygen atoms in total. The van der Waals surface area contributed by atoms with E-state index in [1.54, 1.807) is 41.5 Å². The van der Waals surface area contributed by atoms with E-state index in [-0.39, 0.29) is 88.3 Å². The van der Waals surface area contributed by atoms with Gasteiger partial charge in [0.1, 0.15) is 54.4 Å². The number of carboxylic acid groups (broad SMARTS) is 1. The quantitative estimate of drug-likeness (QED) is 0.0170. The minimum atomic E-state index is -1.70. The summed E-state index contributed by atoms with van der Waals surface area (Å²) in [6.45, 7) is 11.9. The highest BCUT2D eigenvalue weighted by molar-refractivity contribution is 5.99. The van der Waals surface area contributed by atoms with Crippen LogP contribution in [0.4, 0.5) is 0 Å². The maximum absolute atomic E-state index is 14.7. The molecular weight excluding hydrogens is 1070 g/mol. The average molecular weight is 1160 g/mol. The van der Waals surface area contributed by atoms with Gasteiger partial charge in [-0.3, -0.25) is 57.7 Å². The summed E-state index contributed by atoms with van der Waals surface area (Å²) in [6.07, 6.45) is 2.55. The van der Waals surface area contributed by atoms with Crippen LogP contribution in [0.1, 0.15) is 112 Å². The normalized spacial score (nSPS) is 16.0. The van der Waals surface area contributed by atoms with Crippen molar-refractivity contribution in [2.75, 3.05) is 32.8 Å². The third-order valence-corrected chi connectivity index (χ3v) is 12.8. The van der Waals surface area contributed by atoms with Crippen molar-refractivity contribution in [3.8, 4) is 0 Å². The van der Waals surface area contributed by atoms with E-state index in [1.807, 2.05) is 0 Å². The van der Waals surface area contributed by atoms with Gasteiger partial charge in [0.15, 0.2) is 5.96 Å². The molecule has 0 spiro atoms. The average Bonchev–Trinajstić information content (AvgIpc) is 4.16. The molecule has 31 heteroatoms. The molecule has 0 radical (unpaired) electrons. The molecule has 1 aromatic heterocycles. The molecule has 1 fully saturated rings. The number of aromatic amines is 1. The molecular formula is C51H87N17O14. The largest absolute Gasteiger partial charge is 0.480 e.